The number of carbonyl (C=O) groups excluding carboxylic acids is 1. The van der Waals surface area contributed by atoms with Crippen molar-refractivity contribution in [3.05, 3.63) is 109 Å². The molecule has 5 heteroatoms. The number of para-hydroxylation sites is 1. The van der Waals surface area contributed by atoms with Crippen LogP contribution in [0.1, 0.15) is 56.6 Å². The van der Waals surface area contributed by atoms with Gasteiger partial charge in [0.25, 0.3) is 0 Å². The minimum atomic E-state index is -0.125. The fourth-order valence-electron chi connectivity index (χ4n) is 6.36. The molecule has 0 saturated heterocycles. The van der Waals surface area contributed by atoms with Crippen molar-refractivity contribution < 1.29 is 39.0 Å². The van der Waals surface area contributed by atoms with Gasteiger partial charge in [-0.15, -0.1) is 17.7 Å². The van der Waals surface area contributed by atoms with Gasteiger partial charge < -0.3 is 14.1 Å². The Hall–Kier alpha value is -3.92. The molecule has 6 aromatic rings. The molecule has 215 valence electrons. The van der Waals surface area contributed by atoms with Crippen LogP contribution >= 0.6 is 0 Å². The van der Waals surface area contributed by atoms with Gasteiger partial charge in [-0.3, -0.25) is 4.79 Å². The van der Waals surface area contributed by atoms with E-state index in [1.54, 1.807) is 0 Å². The molecular formula is C37H34IrNO3-. The molecule has 1 N–H and O–H groups in total. The summed E-state index contributed by atoms with van der Waals surface area (Å²) in [6, 6.07) is 29.7. The van der Waals surface area contributed by atoms with Crippen LogP contribution in [0, 0.1) is 20.0 Å². The fourth-order valence-corrected chi connectivity index (χ4v) is 6.36. The molecule has 1 saturated carbocycles. The molecule has 1 radical (unpaired) electrons. The van der Waals surface area contributed by atoms with Crippen molar-refractivity contribution in [2.45, 2.75) is 52.4 Å². The number of aliphatic hydroxyl groups is 1. The molecule has 7 rings (SSSR count). The Kier molecular flexibility index (Phi) is 8.54. The van der Waals surface area contributed by atoms with Crippen molar-refractivity contribution in [2.75, 3.05) is 0 Å². The van der Waals surface area contributed by atoms with Gasteiger partial charge in [-0.2, -0.15) is 0 Å². The van der Waals surface area contributed by atoms with E-state index in [1.165, 1.54) is 67.3 Å². The van der Waals surface area contributed by atoms with E-state index >= 15 is 0 Å². The van der Waals surface area contributed by atoms with Gasteiger partial charge >= 0.3 is 0 Å². The Labute approximate surface area is 260 Å². The van der Waals surface area contributed by atoms with E-state index in [9.17, 15) is 4.79 Å². The number of aromatic nitrogens is 1. The zero-order valence-corrected chi connectivity index (χ0v) is 26.6. The summed E-state index contributed by atoms with van der Waals surface area (Å²) in [5.41, 5.74) is 7.58. The molecule has 0 atom stereocenters. The van der Waals surface area contributed by atoms with Crippen LogP contribution in [0.2, 0.25) is 0 Å². The number of benzene rings is 4. The smallest absolute Gasteiger partial charge is 0.155 e. The molecule has 1 aliphatic carbocycles. The summed E-state index contributed by atoms with van der Waals surface area (Å²) in [5, 5.41) is 14.6. The number of aryl methyl sites for hydroxylation is 1. The number of rotatable bonds is 3. The topological polar surface area (TPSA) is 54.3 Å². The third kappa shape index (κ3) is 5.47. The first kappa shape index (κ1) is 29.6. The standard InChI is InChI=1S/C32H26NO.C5H8O2.Ir/c1-20-17-26-24-13-7-8-14-30(24)34-32(26)27(18-20)29-19-25(21-9-3-4-10-21)31-23-12-6-5-11-22(23)15-16-28(31)33(29)2;1-4(6)3-5(2)7;/h5-8,11-17,19,21H,2-4,9-10H2,1H3;3,6H,1-2H3;/q-1;;/b;4-3-;. The zero-order chi connectivity index (χ0) is 28.7. The summed E-state index contributed by atoms with van der Waals surface area (Å²) in [4.78, 5) is 10.0. The van der Waals surface area contributed by atoms with Crippen molar-refractivity contribution in [2.24, 2.45) is 0 Å². The summed E-state index contributed by atoms with van der Waals surface area (Å²) >= 11 is 0. The van der Waals surface area contributed by atoms with Gasteiger partial charge in [0.1, 0.15) is 16.8 Å². The average molecular weight is 733 g/mol. The molecule has 2 aromatic heterocycles. The van der Waals surface area contributed by atoms with Crippen molar-refractivity contribution in [1.82, 2.24) is 0 Å². The van der Waals surface area contributed by atoms with Crippen LogP contribution in [0.25, 0.3) is 54.9 Å². The predicted molar refractivity (Wildman–Crippen MR) is 167 cm³/mol. The second-order valence-electron chi connectivity index (χ2n) is 11.1. The van der Waals surface area contributed by atoms with Crippen LogP contribution in [-0.4, -0.2) is 10.9 Å². The Bertz CT molecular complexity index is 1970. The maximum absolute atomic E-state index is 10.0. The average Bonchev–Trinajstić information content (AvgIpc) is 3.61. The Morgan fingerprint density at radius 2 is 1.67 bits per heavy atom. The number of aliphatic hydroxyl groups excluding tert-OH is 1. The number of ketones is 1. The quantitative estimate of drug-likeness (QED) is 0.0649. The van der Waals surface area contributed by atoms with Gasteiger partial charge in [-0.25, -0.2) is 0 Å². The third-order valence-electron chi connectivity index (χ3n) is 8.08. The van der Waals surface area contributed by atoms with Crippen molar-refractivity contribution in [3.63, 3.8) is 0 Å². The first-order valence-electron chi connectivity index (χ1n) is 14.3. The zero-order valence-electron chi connectivity index (χ0n) is 24.2. The molecule has 0 spiro atoms. The van der Waals surface area contributed by atoms with Gasteiger partial charge in [0, 0.05) is 44.0 Å². The Morgan fingerprint density at radius 3 is 2.36 bits per heavy atom. The monoisotopic (exact) mass is 733 g/mol. The first-order valence-corrected chi connectivity index (χ1v) is 14.3. The van der Waals surface area contributed by atoms with E-state index in [0.29, 0.717) is 5.92 Å². The maximum Gasteiger partial charge on any atom is 0.155 e. The molecule has 0 unspecified atom stereocenters. The number of carbonyl (C=O) groups is 1. The summed E-state index contributed by atoms with van der Waals surface area (Å²) in [6.45, 7) is 4.96. The normalized spacial score (nSPS) is 13.8. The molecule has 42 heavy (non-hydrogen) atoms. The van der Waals surface area contributed by atoms with Crippen molar-refractivity contribution in [3.8, 4) is 11.3 Å². The summed E-state index contributed by atoms with van der Waals surface area (Å²) in [6.07, 6.45) is 6.26. The number of furan rings is 1. The second-order valence-corrected chi connectivity index (χ2v) is 11.1. The minimum Gasteiger partial charge on any atom is -0.512 e. The fraction of sp³-hybridized carbons (Fsp3) is 0.216. The number of hydrogen-bond donors (Lipinski definition) is 1. The first-order chi connectivity index (χ1) is 19.8. The van der Waals surface area contributed by atoms with E-state index in [1.807, 2.05) is 12.1 Å². The number of fused-ring (bicyclic) bond motifs is 6. The Morgan fingerprint density at radius 1 is 0.976 bits per heavy atom. The number of nitrogens with zero attached hydrogens (tertiary/aromatic N) is 1. The molecule has 1 aliphatic rings. The van der Waals surface area contributed by atoms with Gasteiger partial charge in [0.2, 0.25) is 0 Å². The van der Waals surface area contributed by atoms with E-state index in [4.69, 9.17) is 9.52 Å². The summed E-state index contributed by atoms with van der Waals surface area (Å²) in [5.74, 6) is 0.511. The predicted octanol–water partition coefficient (Wildman–Crippen LogP) is 9.29. The van der Waals surface area contributed by atoms with Crippen molar-refractivity contribution in [1.29, 1.82) is 0 Å². The van der Waals surface area contributed by atoms with E-state index in [0.717, 1.165) is 44.3 Å². The van der Waals surface area contributed by atoms with Gasteiger partial charge in [0.15, 0.2) is 5.78 Å². The molecule has 1 fully saturated rings. The van der Waals surface area contributed by atoms with Gasteiger partial charge in [-0.05, 0) is 72.7 Å². The molecule has 0 aliphatic heterocycles. The van der Waals surface area contributed by atoms with Crippen LogP contribution in [0.15, 0.2) is 89.0 Å². The van der Waals surface area contributed by atoms with Crippen molar-refractivity contribution >= 4 is 49.4 Å². The third-order valence-corrected chi connectivity index (χ3v) is 8.08. The summed E-state index contributed by atoms with van der Waals surface area (Å²) < 4.78 is 8.52. The van der Waals surface area contributed by atoms with Gasteiger partial charge in [0.05, 0.1) is 11.3 Å². The number of allylic oxidation sites excluding steroid dienone is 2. The summed E-state index contributed by atoms with van der Waals surface area (Å²) in [7, 11) is 4.54. The molecule has 2 heterocycles. The number of hydrogen-bond acceptors (Lipinski definition) is 3. The van der Waals surface area contributed by atoms with Crippen LogP contribution in [0.4, 0.5) is 0 Å². The molecular weight excluding hydrogens is 699 g/mol. The largest absolute Gasteiger partial charge is 0.512 e. The van der Waals surface area contributed by atoms with E-state index in [-0.39, 0.29) is 31.6 Å². The van der Waals surface area contributed by atoms with E-state index in [2.05, 4.69) is 85.3 Å². The van der Waals surface area contributed by atoms with E-state index < -0.39 is 0 Å². The minimum absolute atomic E-state index is 0. The Balaban J connectivity index is 0.000000396. The molecule has 4 aromatic carbocycles. The molecule has 0 amide bonds. The second kappa shape index (κ2) is 12.1. The van der Waals surface area contributed by atoms with Gasteiger partial charge in [-0.1, -0.05) is 73.7 Å². The maximum atomic E-state index is 10.0. The van der Waals surface area contributed by atoms with Crippen LogP contribution in [-0.2, 0) is 24.9 Å². The SMILES string of the molecule is CC(=O)/C=C(/C)O.[CH2-][n+]1c(-c2[c-]c(C)cc3c2oc2ccccc23)cc(C2CCCC2)c2c3ccccc3ccc21.[Ir]. The van der Waals surface area contributed by atoms with Crippen LogP contribution < -0.4 is 4.57 Å². The van der Waals surface area contributed by atoms with Crippen LogP contribution in [0.3, 0.4) is 0 Å². The number of pyridine rings is 1. The molecule has 0 bridgehead atoms. The molecule has 4 nitrogen and oxygen atoms in total. The van der Waals surface area contributed by atoms with Crippen LogP contribution in [0.5, 0.6) is 0 Å².